The van der Waals surface area contributed by atoms with E-state index in [1.165, 1.54) is 4.90 Å². The zero-order valence-electron chi connectivity index (χ0n) is 16.4. The zero-order valence-corrected chi connectivity index (χ0v) is 16.4. The molecule has 6 nitrogen and oxygen atoms in total. The van der Waals surface area contributed by atoms with E-state index in [4.69, 9.17) is 10.00 Å². The van der Waals surface area contributed by atoms with Crippen LogP contribution in [0.25, 0.3) is 0 Å². The van der Waals surface area contributed by atoms with Gasteiger partial charge in [-0.3, -0.25) is 4.79 Å². The van der Waals surface area contributed by atoms with Crippen LogP contribution in [0.2, 0.25) is 0 Å². The number of nitrogens with zero attached hydrogens (tertiary/aromatic N) is 2. The lowest BCUT2D eigenvalue weighted by molar-refractivity contribution is -0.914. The van der Waals surface area contributed by atoms with Gasteiger partial charge in [-0.1, -0.05) is 18.2 Å². The number of benzene rings is 2. The lowest BCUT2D eigenvalue weighted by Crippen LogP contribution is -3.19. The van der Waals surface area contributed by atoms with Crippen molar-refractivity contribution in [2.45, 2.75) is 19.9 Å². The second-order valence-electron chi connectivity index (χ2n) is 6.95. The average molecular weight is 379 g/mol. The van der Waals surface area contributed by atoms with Gasteiger partial charge in [-0.25, -0.2) is 0 Å². The Kier molecular flexibility index (Phi) is 6.51. The molecule has 3 rings (SSSR count). The molecule has 0 radical (unpaired) electrons. The molecule has 0 spiro atoms. The third-order valence-corrected chi connectivity index (χ3v) is 5.18. The Hall–Kier alpha value is -3.04. The van der Waals surface area contributed by atoms with Gasteiger partial charge in [-0.15, -0.1) is 0 Å². The third-order valence-electron chi connectivity index (χ3n) is 5.18. The molecule has 2 N–H and O–H groups in total. The SMILES string of the molecule is CCOc1ccccc1N1CC[NH+]([C@@H](C)C(=O)Nc2cccc(C#N)c2)CC1. The molecule has 2 aromatic rings. The van der Waals surface area contributed by atoms with Gasteiger partial charge in [0, 0.05) is 5.69 Å². The van der Waals surface area contributed by atoms with Gasteiger partial charge in [-0.05, 0) is 44.2 Å². The van der Waals surface area contributed by atoms with Crippen molar-refractivity contribution in [2.75, 3.05) is 43.0 Å². The number of para-hydroxylation sites is 2. The maximum absolute atomic E-state index is 12.7. The number of amides is 1. The summed E-state index contributed by atoms with van der Waals surface area (Å²) in [5.74, 6) is 0.893. The van der Waals surface area contributed by atoms with Gasteiger partial charge in [0.1, 0.15) is 5.75 Å². The molecule has 28 heavy (non-hydrogen) atoms. The van der Waals surface area contributed by atoms with Crippen molar-refractivity contribution in [3.05, 3.63) is 54.1 Å². The molecular formula is C22H27N4O2+. The number of quaternary nitrogens is 1. The number of nitrogens with one attached hydrogen (secondary N) is 2. The van der Waals surface area contributed by atoms with Crippen LogP contribution >= 0.6 is 0 Å². The summed E-state index contributed by atoms with van der Waals surface area (Å²) >= 11 is 0. The average Bonchev–Trinajstić information content (AvgIpc) is 2.74. The van der Waals surface area contributed by atoms with Crippen LogP contribution in [0.4, 0.5) is 11.4 Å². The highest BCUT2D eigenvalue weighted by Crippen LogP contribution is 2.27. The Balaban J connectivity index is 1.58. The van der Waals surface area contributed by atoms with Crippen molar-refractivity contribution in [3.63, 3.8) is 0 Å². The summed E-state index contributed by atoms with van der Waals surface area (Å²) < 4.78 is 5.75. The number of hydrogen-bond donors (Lipinski definition) is 2. The third kappa shape index (κ3) is 4.62. The molecule has 1 heterocycles. The summed E-state index contributed by atoms with van der Waals surface area (Å²) in [6.07, 6.45) is 0. The number of rotatable bonds is 6. The normalized spacial score (nSPS) is 15.5. The predicted octanol–water partition coefficient (Wildman–Crippen LogP) is 1.69. The quantitative estimate of drug-likeness (QED) is 0.801. The fourth-order valence-corrected chi connectivity index (χ4v) is 3.57. The van der Waals surface area contributed by atoms with Gasteiger partial charge < -0.3 is 19.9 Å². The van der Waals surface area contributed by atoms with E-state index in [1.54, 1.807) is 18.2 Å². The van der Waals surface area contributed by atoms with Crippen molar-refractivity contribution < 1.29 is 14.4 Å². The first-order chi connectivity index (χ1) is 13.6. The molecule has 0 saturated carbocycles. The molecule has 1 aliphatic heterocycles. The lowest BCUT2D eigenvalue weighted by Gasteiger charge is -2.36. The first-order valence-corrected chi connectivity index (χ1v) is 9.74. The van der Waals surface area contributed by atoms with E-state index < -0.39 is 0 Å². The molecule has 1 fully saturated rings. The summed E-state index contributed by atoms with van der Waals surface area (Å²) in [5, 5.41) is 11.9. The summed E-state index contributed by atoms with van der Waals surface area (Å²) in [6.45, 7) is 8.11. The second kappa shape index (κ2) is 9.25. The van der Waals surface area contributed by atoms with Crippen molar-refractivity contribution in [3.8, 4) is 11.8 Å². The molecule has 0 unspecified atom stereocenters. The number of hydrogen-bond acceptors (Lipinski definition) is 4. The molecule has 0 bridgehead atoms. The Labute approximate surface area is 166 Å². The minimum atomic E-state index is -0.157. The smallest absolute Gasteiger partial charge is 0.282 e. The van der Waals surface area contributed by atoms with Crippen LogP contribution in [0.1, 0.15) is 19.4 Å². The Bertz CT molecular complexity index is 854. The number of carbonyl (C=O) groups excluding carboxylic acids is 1. The van der Waals surface area contributed by atoms with Crippen LogP contribution in [0.5, 0.6) is 5.75 Å². The van der Waals surface area contributed by atoms with E-state index in [9.17, 15) is 4.79 Å². The Morgan fingerprint density at radius 1 is 1.25 bits per heavy atom. The molecule has 0 aliphatic carbocycles. The van der Waals surface area contributed by atoms with Crippen molar-refractivity contribution >= 4 is 17.3 Å². The van der Waals surface area contributed by atoms with Crippen LogP contribution in [-0.2, 0) is 4.79 Å². The predicted molar refractivity (Wildman–Crippen MR) is 110 cm³/mol. The van der Waals surface area contributed by atoms with E-state index in [0.29, 0.717) is 17.9 Å². The number of carbonyl (C=O) groups is 1. The minimum Gasteiger partial charge on any atom is -0.492 e. The molecule has 1 amide bonds. The summed E-state index contributed by atoms with van der Waals surface area (Å²) in [5.41, 5.74) is 2.33. The van der Waals surface area contributed by atoms with Crippen molar-refractivity contribution in [2.24, 2.45) is 0 Å². The van der Waals surface area contributed by atoms with Gasteiger partial charge in [0.15, 0.2) is 6.04 Å². The van der Waals surface area contributed by atoms with E-state index in [1.807, 2.05) is 38.1 Å². The minimum absolute atomic E-state index is 0.0201. The van der Waals surface area contributed by atoms with Crippen LogP contribution in [0.15, 0.2) is 48.5 Å². The molecule has 1 saturated heterocycles. The van der Waals surface area contributed by atoms with E-state index in [-0.39, 0.29) is 11.9 Å². The van der Waals surface area contributed by atoms with Gasteiger partial charge in [-0.2, -0.15) is 5.26 Å². The highest BCUT2D eigenvalue weighted by molar-refractivity contribution is 5.93. The molecule has 0 aromatic heterocycles. The number of anilines is 2. The molecule has 1 aliphatic rings. The fourth-order valence-electron chi connectivity index (χ4n) is 3.57. The maximum atomic E-state index is 12.7. The fraction of sp³-hybridized carbons (Fsp3) is 0.364. The topological polar surface area (TPSA) is 69.8 Å². The van der Waals surface area contributed by atoms with Crippen LogP contribution in [-0.4, -0.2) is 44.7 Å². The largest absolute Gasteiger partial charge is 0.492 e. The maximum Gasteiger partial charge on any atom is 0.282 e. The van der Waals surface area contributed by atoms with Gasteiger partial charge in [0.05, 0.1) is 50.1 Å². The van der Waals surface area contributed by atoms with Crippen LogP contribution < -0.4 is 19.9 Å². The first kappa shape index (κ1) is 19.7. The summed E-state index contributed by atoms with van der Waals surface area (Å²) in [6, 6.07) is 17.1. The molecule has 1 atom stereocenters. The zero-order chi connectivity index (χ0) is 19.9. The second-order valence-corrected chi connectivity index (χ2v) is 6.95. The van der Waals surface area contributed by atoms with Crippen molar-refractivity contribution in [1.29, 1.82) is 5.26 Å². The summed E-state index contributed by atoms with van der Waals surface area (Å²) in [4.78, 5) is 16.2. The molecule has 146 valence electrons. The number of piperazine rings is 1. The molecule has 2 aromatic carbocycles. The molecule has 6 heteroatoms. The standard InChI is InChI=1S/C22H26N4O2/c1-3-28-21-10-5-4-9-20(21)26-13-11-25(12-14-26)17(2)22(27)24-19-8-6-7-18(15-19)16-23/h4-10,15,17H,3,11-14H2,1-2H3,(H,24,27)/p+1/t17-/m0/s1. The van der Waals surface area contributed by atoms with E-state index in [2.05, 4.69) is 22.4 Å². The highest BCUT2D eigenvalue weighted by atomic mass is 16.5. The van der Waals surface area contributed by atoms with E-state index in [0.717, 1.165) is 37.6 Å². The highest BCUT2D eigenvalue weighted by Gasteiger charge is 2.30. The Morgan fingerprint density at radius 2 is 2.00 bits per heavy atom. The van der Waals surface area contributed by atoms with E-state index >= 15 is 0 Å². The number of ether oxygens (including phenoxy) is 1. The van der Waals surface area contributed by atoms with Gasteiger partial charge >= 0.3 is 0 Å². The van der Waals surface area contributed by atoms with Crippen molar-refractivity contribution in [1.82, 2.24) is 0 Å². The van der Waals surface area contributed by atoms with Gasteiger partial charge in [0.25, 0.3) is 5.91 Å². The monoisotopic (exact) mass is 379 g/mol. The molecular weight excluding hydrogens is 352 g/mol. The lowest BCUT2D eigenvalue weighted by atomic mass is 10.1. The van der Waals surface area contributed by atoms with Crippen LogP contribution in [0.3, 0.4) is 0 Å². The number of nitriles is 1. The Morgan fingerprint density at radius 3 is 2.71 bits per heavy atom. The summed E-state index contributed by atoms with van der Waals surface area (Å²) in [7, 11) is 0. The van der Waals surface area contributed by atoms with Gasteiger partial charge in [0.2, 0.25) is 0 Å². The first-order valence-electron chi connectivity index (χ1n) is 9.74. The van der Waals surface area contributed by atoms with Crippen LogP contribution in [0, 0.1) is 11.3 Å².